The van der Waals surface area contributed by atoms with Crippen molar-refractivity contribution in [3.63, 3.8) is 0 Å². The van der Waals surface area contributed by atoms with Crippen molar-refractivity contribution >= 4 is 215 Å². The van der Waals surface area contributed by atoms with Gasteiger partial charge in [0.25, 0.3) is 13.4 Å². The third-order valence-electron chi connectivity index (χ3n) is 30.3. The summed E-state index contributed by atoms with van der Waals surface area (Å²) < 4.78 is 13.7. The number of para-hydroxylation sites is 15. The van der Waals surface area contributed by atoms with Gasteiger partial charge in [0, 0.05) is 127 Å². The fraction of sp³-hybridized carbons (Fsp3) is 0. The smallest absolute Gasteiger partial charge is 0.256 e. The normalized spacial score (nSPS) is 12.9. The zero-order valence-electron chi connectivity index (χ0n) is 78.3. The Labute approximate surface area is 840 Å². The molecule has 0 bridgehead atoms. The minimum Gasteiger partial charge on any atom is -0.458 e. The molecule has 0 radical (unpaired) electrons. The second kappa shape index (κ2) is 33.8. The highest BCUT2D eigenvalue weighted by Gasteiger charge is 2.46. The number of hydrogen-bond donors (Lipinski definition) is 0. The van der Waals surface area contributed by atoms with Crippen LogP contribution < -0.4 is 73.5 Å². The highest BCUT2D eigenvalue weighted by Crippen LogP contribution is 2.52. The van der Waals surface area contributed by atoms with Crippen LogP contribution in [0.2, 0.25) is 0 Å². The predicted octanol–water partition coefficient (Wildman–Crippen LogP) is 28.6. The van der Waals surface area contributed by atoms with Gasteiger partial charge in [0.15, 0.2) is 0 Å². The Balaban J connectivity index is 0.000000103. The second-order valence-corrected chi connectivity index (χ2v) is 39.0. The van der Waals surface area contributed by atoms with Gasteiger partial charge in [-0.15, -0.1) is 0 Å². The summed E-state index contributed by atoms with van der Waals surface area (Å²) in [5, 5.41) is 7.52. The van der Waals surface area contributed by atoms with E-state index in [9.17, 15) is 0 Å². The van der Waals surface area contributed by atoms with Gasteiger partial charge in [-0.2, -0.15) is 0 Å². The standard InChI is InChI=1S/C48H32BN3.C42H27BN2O.C42H27BN2S/c1-3-16-34(17-4-1)50-42-25-12-8-21-37(42)38-32-33(30-31-43(38)50)36-20-7-11-24-41(36)52-45-27-14-10-23-40(45)49-39-22-9-13-26-44(39)51(35-18-5-2-6-19-35)46-28-15-29-47(52)48(46)49;2*1-2-13-29(14-3-1)44-36-20-9-5-16-31(36)32-27-28(25-26-37(32)44)30-15-4-8-19-35(30)45-38-21-10-6-17-33(38)43-34-18-7-11-23-40(34)46-41-24-12-22-39(45)42(41)43/h1-32H;2*1-27H. The summed E-state index contributed by atoms with van der Waals surface area (Å²) in [4.78, 5) is 12.6. The van der Waals surface area contributed by atoms with Crippen molar-refractivity contribution in [2.45, 2.75) is 9.79 Å². The van der Waals surface area contributed by atoms with Crippen molar-refractivity contribution in [3.8, 4) is 61.9 Å². The molecule has 3 aromatic heterocycles. The third-order valence-corrected chi connectivity index (χ3v) is 31.4. The van der Waals surface area contributed by atoms with Crippen molar-refractivity contribution < 1.29 is 4.74 Å². The first-order valence-electron chi connectivity index (χ1n) is 49.6. The highest BCUT2D eigenvalue weighted by atomic mass is 32.2. The van der Waals surface area contributed by atoms with Gasteiger partial charge < -0.3 is 38.0 Å². The molecule has 0 spiro atoms. The molecule has 9 heterocycles. The first-order valence-corrected chi connectivity index (χ1v) is 50.4. The Morgan fingerprint density at radius 2 is 0.444 bits per heavy atom. The number of rotatable bonds is 10. The summed E-state index contributed by atoms with van der Waals surface area (Å²) in [6.45, 7) is 0.433. The van der Waals surface area contributed by atoms with Crippen molar-refractivity contribution in [2.24, 2.45) is 0 Å². The van der Waals surface area contributed by atoms with E-state index in [2.05, 4.69) is 555 Å². The molecule has 6 aliphatic rings. The van der Waals surface area contributed by atoms with Gasteiger partial charge in [0.1, 0.15) is 11.5 Å². The van der Waals surface area contributed by atoms with Crippen molar-refractivity contribution in [3.05, 3.63) is 522 Å². The summed E-state index contributed by atoms with van der Waals surface area (Å²) >= 11 is 1.90. The Morgan fingerprint density at radius 1 is 0.167 bits per heavy atom. The SMILES string of the molecule is c1ccc(-n2c3ccccc3c3cc(-c4ccccc4N4c5ccccc5B5c6ccccc6Oc6cccc4c65)ccc32)cc1.c1ccc(-n2c3ccccc3c3cc(-c4ccccc4N4c5ccccc5B5c6ccccc6Sc6cccc4c65)ccc32)cc1.c1ccc(N2c3ccccc3B3c4ccccc4N(c4ccccc4-c4ccc5c(c4)c4ccccc4n5-c4ccccc4)c4cccc2c43)cc1. The lowest BCUT2D eigenvalue weighted by molar-refractivity contribution is 0.487. The van der Waals surface area contributed by atoms with E-state index in [1.54, 1.807) is 0 Å². The Hall–Kier alpha value is -18.2. The third kappa shape index (κ3) is 13.0. The van der Waals surface area contributed by atoms with Gasteiger partial charge in [0.2, 0.25) is 6.71 Å². The fourth-order valence-corrected chi connectivity index (χ4v) is 25.5. The molecule has 0 N–H and O–H groups in total. The Kier molecular flexibility index (Phi) is 19.4. The van der Waals surface area contributed by atoms with Crippen LogP contribution in [0.15, 0.2) is 531 Å². The summed E-state index contributed by atoms with van der Waals surface area (Å²) in [5.74, 6) is 1.86. The first kappa shape index (κ1) is 82.8. The number of aromatic nitrogens is 3. The number of hydrogen-bond acceptors (Lipinski definition) is 6. The maximum absolute atomic E-state index is 6.54. The topological polar surface area (TPSA) is 37.0 Å². The van der Waals surface area contributed by atoms with Crippen LogP contribution in [0.5, 0.6) is 11.5 Å². The van der Waals surface area contributed by atoms with Crippen LogP contribution in [0.4, 0.5) is 68.2 Å². The number of benzene rings is 22. The van der Waals surface area contributed by atoms with E-state index in [1.165, 1.54) is 220 Å². The molecule has 22 aromatic carbocycles. The average molecular weight is 1850 g/mol. The van der Waals surface area contributed by atoms with Crippen molar-refractivity contribution in [1.82, 2.24) is 13.7 Å². The van der Waals surface area contributed by atoms with E-state index in [1.807, 2.05) is 11.8 Å². The lowest BCUT2D eigenvalue weighted by Crippen LogP contribution is -2.61. The Morgan fingerprint density at radius 3 is 0.882 bits per heavy atom. The van der Waals surface area contributed by atoms with Crippen molar-refractivity contribution in [2.75, 3.05) is 19.6 Å². The molecule has 12 heteroatoms. The number of nitrogens with zero attached hydrogens (tertiary/aromatic N) is 7. The van der Waals surface area contributed by atoms with Gasteiger partial charge in [-0.1, -0.05) is 345 Å². The summed E-state index contributed by atoms with van der Waals surface area (Å²) in [7, 11) is 0. The van der Waals surface area contributed by atoms with Crippen LogP contribution in [0, 0.1) is 0 Å². The van der Waals surface area contributed by atoms with Crippen molar-refractivity contribution in [1.29, 1.82) is 0 Å². The lowest BCUT2D eigenvalue weighted by Gasteiger charge is -2.44. The van der Waals surface area contributed by atoms with Crippen LogP contribution in [0.3, 0.4) is 0 Å². The summed E-state index contributed by atoms with van der Waals surface area (Å²) in [6.07, 6.45) is 0. The molecule has 6 aliphatic heterocycles. The molecule has 0 amide bonds. The number of ether oxygens (including phenoxy) is 1. The number of fused-ring (bicyclic) bond motifs is 21. The molecule has 0 fully saturated rings. The van der Waals surface area contributed by atoms with E-state index < -0.39 is 0 Å². The molecule has 0 aliphatic carbocycles. The van der Waals surface area contributed by atoms with Gasteiger partial charge in [0.05, 0.1) is 50.2 Å². The van der Waals surface area contributed by atoms with Gasteiger partial charge in [-0.3, -0.25) is 0 Å². The zero-order valence-corrected chi connectivity index (χ0v) is 79.1. The van der Waals surface area contributed by atoms with E-state index in [0.717, 1.165) is 34.2 Å². The maximum atomic E-state index is 6.54. The molecule has 0 unspecified atom stereocenters. The monoisotopic (exact) mass is 1850 g/mol. The first-order chi connectivity index (χ1) is 71.5. The lowest BCUT2D eigenvalue weighted by atomic mass is 9.33. The van der Waals surface area contributed by atoms with Crippen LogP contribution in [0.1, 0.15) is 0 Å². The molecule has 31 rings (SSSR count). The molecule has 25 aromatic rings. The number of anilines is 12. The minimum absolute atomic E-state index is 0.108. The quantitative estimate of drug-likeness (QED) is 0.127. The van der Waals surface area contributed by atoms with E-state index in [0.29, 0.717) is 0 Å². The van der Waals surface area contributed by atoms with E-state index in [4.69, 9.17) is 4.74 Å². The van der Waals surface area contributed by atoms with Crippen LogP contribution in [0.25, 0.3) is 116 Å². The van der Waals surface area contributed by atoms with Crippen LogP contribution in [-0.2, 0) is 0 Å². The van der Waals surface area contributed by atoms with E-state index >= 15 is 0 Å². The molecule has 144 heavy (non-hydrogen) atoms. The molecular weight excluding hydrogens is 1760 g/mol. The Bertz CT molecular complexity index is 9160. The summed E-state index contributed by atoms with van der Waals surface area (Å²) in [5.41, 5.74) is 44.2. The average Bonchev–Trinajstić information content (AvgIpc) is 0.860. The molecular formula is C132H86B3N7OS. The zero-order chi connectivity index (χ0) is 94.6. The van der Waals surface area contributed by atoms with Gasteiger partial charge in [-0.25, -0.2) is 0 Å². The predicted molar refractivity (Wildman–Crippen MR) is 608 cm³/mol. The molecule has 0 saturated heterocycles. The van der Waals surface area contributed by atoms with Crippen LogP contribution >= 0.6 is 11.8 Å². The minimum atomic E-state index is 0.108. The molecule has 0 saturated carbocycles. The van der Waals surface area contributed by atoms with E-state index in [-0.39, 0.29) is 20.1 Å². The largest absolute Gasteiger partial charge is 0.458 e. The fourth-order valence-electron chi connectivity index (χ4n) is 24.4. The van der Waals surface area contributed by atoms with Crippen LogP contribution in [-0.4, -0.2) is 33.8 Å². The molecule has 670 valence electrons. The van der Waals surface area contributed by atoms with Gasteiger partial charge >= 0.3 is 0 Å². The maximum Gasteiger partial charge on any atom is 0.256 e. The molecule has 8 nitrogen and oxygen atoms in total. The van der Waals surface area contributed by atoms with Gasteiger partial charge in [-0.05, 0) is 255 Å². The second-order valence-electron chi connectivity index (χ2n) is 37.9. The highest BCUT2D eigenvalue weighted by molar-refractivity contribution is 8.00. The summed E-state index contributed by atoms with van der Waals surface area (Å²) in [6, 6.07) is 190. The molecule has 0 atom stereocenters.